The van der Waals surface area contributed by atoms with Gasteiger partial charge in [0.1, 0.15) is 23.5 Å². The fourth-order valence-electron chi connectivity index (χ4n) is 6.88. The number of benzene rings is 2. The number of carbonyl (C=O) groups is 3. The van der Waals surface area contributed by atoms with E-state index in [1.807, 2.05) is 0 Å². The van der Waals surface area contributed by atoms with E-state index in [1.54, 1.807) is 19.0 Å². The van der Waals surface area contributed by atoms with Crippen LogP contribution in [0.15, 0.2) is 47.2 Å². The lowest BCUT2D eigenvalue weighted by Gasteiger charge is -2.50. The van der Waals surface area contributed by atoms with Gasteiger partial charge in [0.15, 0.2) is 17.1 Å². The molecule has 0 saturated heterocycles. The van der Waals surface area contributed by atoms with Gasteiger partial charge in [-0.3, -0.25) is 14.5 Å². The van der Waals surface area contributed by atoms with Crippen LogP contribution in [-0.2, 0) is 16.0 Å². The summed E-state index contributed by atoms with van der Waals surface area (Å²) in [6.45, 7) is 0. The molecule has 48 heavy (non-hydrogen) atoms. The van der Waals surface area contributed by atoms with Crippen LogP contribution < -0.4 is 26.0 Å². The van der Waals surface area contributed by atoms with Crippen molar-refractivity contribution in [2.24, 2.45) is 17.6 Å². The Hall–Kier alpha value is -4.84. The summed E-state index contributed by atoms with van der Waals surface area (Å²) in [4.78, 5) is 43.4. The third-order valence-electron chi connectivity index (χ3n) is 8.86. The minimum Gasteiger partial charge on any atom is -0.508 e. The molecule has 0 aromatic heterocycles. The Kier molecular flexibility index (Phi) is 8.62. The predicted molar refractivity (Wildman–Crippen MR) is 165 cm³/mol. The lowest BCUT2D eigenvalue weighted by Crippen LogP contribution is -2.66. The molecule has 258 valence electrons. The molecular weight excluding hydrogens is 643 g/mol. The number of ketones is 2. The first kappa shape index (κ1) is 34.5. The molecule has 0 spiro atoms. The lowest BCUT2D eigenvalue weighted by atomic mass is 9.57. The van der Waals surface area contributed by atoms with Crippen LogP contribution in [0.25, 0.3) is 5.76 Å². The number of halogens is 3. The fourth-order valence-corrected chi connectivity index (χ4v) is 6.88. The number of carbonyl (C=O) groups excluding carboxylic acids is 3. The summed E-state index contributed by atoms with van der Waals surface area (Å²) in [7, 11) is 6.37. The van der Waals surface area contributed by atoms with E-state index in [4.69, 9.17) is 5.73 Å². The number of fused-ring (bicyclic) bond motifs is 3. The van der Waals surface area contributed by atoms with Crippen LogP contribution in [0.5, 0.6) is 11.5 Å². The summed E-state index contributed by atoms with van der Waals surface area (Å²) in [6.07, 6.45) is -6.96. The molecule has 0 radical (unpaired) electrons. The Morgan fingerprint density at radius 2 is 1.71 bits per heavy atom. The summed E-state index contributed by atoms with van der Waals surface area (Å²) >= 11 is 0. The van der Waals surface area contributed by atoms with Gasteiger partial charge in [0.2, 0.25) is 5.78 Å². The number of alkyl halides is 3. The smallest absolute Gasteiger partial charge is 0.508 e. The number of nitrogens with one attached hydrogen (secondary N) is 2. The Morgan fingerprint density at radius 3 is 2.25 bits per heavy atom. The number of hydrogen-bond acceptors (Lipinski definition) is 12. The van der Waals surface area contributed by atoms with E-state index in [2.05, 4.69) is 15.4 Å². The number of Topliss-reactive ketones (excluding diaryl/α,β-unsaturated/α-hetero) is 2. The van der Waals surface area contributed by atoms with Gasteiger partial charge in [0.05, 0.1) is 22.9 Å². The van der Waals surface area contributed by atoms with Gasteiger partial charge < -0.3 is 51.5 Å². The van der Waals surface area contributed by atoms with Gasteiger partial charge in [-0.1, -0.05) is 0 Å². The number of likely N-dealkylation sites (N-methyl/N-ethyl adjacent to an activating group) is 1. The molecular formula is C31H34F3N5O9. The van der Waals surface area contributed by atoms with Gasteiger partial charge >= 0.3 is 12.4 Å². The number of hydrogen-bond donors (Lipinski definition) is 8. The summed E-state index contributed by atoms with van der Waals surface area (Å²) in [5.41, 5.74) is 2.14. The maximum atomic E-state index is 14.1. The topological polar surface area (TPSA) is 218 Å². The minimum atomic E-state index is -4.90. The van der Waals surface area contributed by atoms with Gasteiger partial charge in [-0.2, -0.15) is 0 Å². The highest BCUT2D eigenvalue weighted by Gasteiger charge is 2.64. The number of rotatable bonds is 6. The number of anilines is 3. The standard InChI is InChI=1S/C31H34F3N5O9/c1-38(2)18-11-17(37-29(46)36-13-5-7-14(8-6-13)48-31(32,33)34)23(40)20-15(18)9-12-10-16-22(39(3)4)25(42)21(28(35)45)27(44)30(16,47)26(43)19(12)24(20)41/h5-8,11-12,16,22,28,40-41,44-45,47H,9-10,35H2,1-4H3,(H2,36,37,46). The van der Waals surface area contributed by atoms with Gasteiger partial charge in [-0.15, -0.1) is 13.2 Å². The molecule has 2 amide bonds. The zero-order chi connectivity index (χ0) is 35.6. The molecule has 0 bridgehead atoms. The number of amides is 2. The number of aromatic hydroxyl groups is 1. The number of phenols is 1. The van der Waals surface area contributed by atoms with E-state index < -0.39 is 82.3 Å². The second kappa shape index (κ2) is 12.0. The molecule has 3 aliphatic rings. The van der Waals surface area contributed by atoms with Crippen molar-refractivity contribution in [1.29, 1.82) is 0 Å². The van der Waals surface area contributed by atoms with Crippen molar-refractivity contribution in [3.63, 3.8) is 0 Å². The van der Waals surface area contributed by atoms with Crippen molar-refractivity contribution in [2.45, 2.75) is 37.1 Å². The van der Waals surface area contributed by atoms with Crippen molar-refractivity contribution < 1.29 is 57.8 Å². The SMILES string of the molecule is CN(C)c1cc(NC(=O)Nc2ccc(OC(F)(F)F)cc2)c(O)c2c1CC1CC3C(N(C)C)C(=O)C(C(N)O)=C(O)C3(O)C(=O)C1=C2O. The number of phenolic OH excluding ortho intramolecular Hbond substituents is 1. The molecule has 5 rings (SSSR count). The number of aliphatic hydroxyl groups excluding tert-OH is 3. The first-order chi connectivity index (χ1) is 22.3. The third-order valence-corrected chi connectivity index (χ3v) is 8.86. The summed E-state index contributed by atoms with van der Waals surface area (Å²) in [5, 5.41) is 60.8. The van der Waals surface area contributed by atoms with Crippen LogP contribution in [0.3, 0.4) is 0 Å². The molecule has 2 aromatic carbocycles. The van der Waals surface area contributed by atoms with Crippen molar-refractivity contribution in [3.05, 3.63) is 58.4 Å². The molecule has 0 aliphatic heterocycles. The number of urea groups is 1. The van der Waals surface area contributed by atoms with Crippen molar-refractivity contribution >= 4 is 40.4 Å². The largest absolute Gasteiger partial charge is 0.573 e. The fraction of sp³-hybridized carbons (Fsp3) is 0.387. The normalized spacial score (nSPS) is 24.5. The summed E-state index contributed by atoms with van der Waals surface area (Å²) in [6, 6.07) is 3.60. The van der Waals surface area contributed by atoms with Crippen LogP contribution >= 0.6 is 0 Å². The molecule has 9 N–H and O–H groups in total. The molecule has 5 atom stereocenters. The highest BCUT2D eigenvalue weighted by Crippen LogP contribution is 2.54. The summed E-state index contributed by atoms with van der Waals surface area (Å²) < 4.78 is 41.2. The van der Waals surface area contributed by atoms with Crippen molar-refractivity contribution in [2.75, 3.05) is 43.7 Å². The van der Waals surface area contributed by atoms with E-state index in [0.29, 0.717) is 11.3 Å². The Morgan fingerprint density at radius 1 is 1.08 bits per heavy atom. The monoisotopic (exact) mass is 677 g/mol. The number of nitrogens with zero attached hydrogens (tertiary/aromatic N) is 2. The minimum absolute atomic E-state index is 0.0398. The molecule has 14 nitrogen and oxygen atoms in total. The number of nitrogens with two attached hydrogens (primary N) is 1. The second-order valence-corrected chi connectivity index (χ2v) is 12.3. The summed E-state index contributed by atoms with van der Waals surface area (Å²) in [5.74, 6) is -6.92. The van der Waals surface area contributed by atoms with Crippen molar-refractivity contribution in [1.82, 2.24) is 4.90 Å². The first-order valence-corrected chi connectivity index (χ1v) is 14.6. The van der Waals surface area contributed by atoms with Crippen molar-refractivity contribution in [3.8, 4) is 11.5 Å². The third kappa shape index (κ3) is 5.67. The Labute approximate surface area is 271 Å². The van der Waals surface area contributed by atoms with Gasteiger partial charge in [-0.05, 0) is 68.8 Å². The molecule has 1 saturated carbocycles. The van der Waals surface area contributed by atoms with E-state index in [0.717, 1.165) is 24.3 Å². The zero-order valence-corrected chi connectivity index (χ0v) is 26.1. The first-order valence-electron chi connectivity index (χ1n) is 14.6. The van der Waals surface area contributed by atoms with Crippen LogP contribution in [0.1, 0.15) is 17.5 Å². The quantitative estimate of drug-likeness (QED) is 0.163. The van der Waals surface area contributed by atoms with Crippen LogP contribution in [0.4, 0.5) is 35.0 Å². The van der Waals surface area contributed by atoms with E-state index in [-0.39, 0.29) is 35.4 Å². The lowest BCUT2D eigenvalue weighted by molar-refractivity contribution is -0.274. The number of aliphatic hydroxyl groups is 4. The molecule has 17 heteroatoms. The molecule has 1 fully saturated rings. The predicted octanol–water partition coefficient (Wildman–Crippen LogP) is 2.36. The van der Waals surface area contributed by atoms with E-state index in [9.17, 15) is 53.1 Å². The molecule has 3 aliphatic carbocycles. The van der Waals surface area contributed by atoms with E-state index >= 15 is 0 Å². The highest BCUT2D eigenvalue weighted by molar-refractivity contribution is 6.15. The molecule has 2 aromatic rings. The Bertz CT molecular complexity index is 1750. The maximum absolute atomic E-state index is 14.1. The maximum Gasteiger partial charge on any atom is 0.573 e. The average Bonchev–Trinajstić information content (AvgIpc) is 2.96. The Balaban J connectivity index is 1.55. The average molecular weight is 678 g/mol. The van der Waals surface area contributed by atoms with Gasteiger partial charge in [0, 0.05) is 37.0 Å². The van der Waals surface area contributed by atoms with Crippen LogP contribution in [0.2, 0.25) is 0 Å². The number of ether oxygens (including phenoxy) is 1. The van der Waals surface area contributed by atoms with Crippen LogP contribution in [-0.4, -0.2) is 100 Å². The van der Waals surface area contributed by atoms with Gasteiger partial charge in [0.25, 0.3) is 0 Å². The van der Waals surface area contributed by atoms with E-state index in [1.165, 1.54) is 25.1 Å². The highest BCUT2D eigenvalue weighted by atomic mass is 19.4. The van der Waals surface area contributed by atoms with Crippen LogP contribution in [0, 0.1) is 11.8 Å². The molecule has 5 unspecified atom stereocenters. The second-order valence-electron chi connectivity index (χ2n) is 12.3. The molecule has 0 heterocycles. The van der Waals surface area contributed by atoms with Gasteiger partial charge in [-0.25, -0.2) is 4.79 Å². The zero-order valence-electron chi connectivity index (χ0n) is 26.1.